The van der Waals surface area contributed by atoms with E-state index in [9.17, 15) is 22.8 Å². The fourth-order valence-electron chi connectivity index (χ4n) is 6.31. The van der Waals surface area contributed by atoms with Crippen molar-refractivity contribution in [3.8, 4) is 0 Å². The second kappa shape index (κ2) is 18.2. The lowest BCUT2D eigenvalue weighted by Gasteiger charge is -2.40. The average molecular weight is 757 g/mol. The van der Waals surface area contributed by atoms with Crippen LogP contribution < -0.4 is 15.4 Å². The predicted molar refractivity (Wildman–Crippen MR) is 206 cm³/mol. The quantitative estimate of drug-likeness (QED) is 0.148. The zero-order chi connectivity index (χ0) is 38.7. The molecule has 13 heteroatoms. The summed E-state index contributed by atoms with van der Waals surface area (Å²) in [6, 6.07) is 32.7. The van der Waals surface area contributed by atoms with Gasteiger partial charge in [-0.1, -0.05) is 97.1 Å². The van der Waals surface area contributed by atoms with Crippen LogP contribution in [-0.4, -0.2) is 82.0 Å². The van der Waals surface area contributed by atoms with Crippen molar-refractivity contribution in [3.05, 3.63) is 132 Å². The maximum absolute atomic E-state index is 14.2. The van der Waals surface area contributed by atoms with Gasteiger partial charge in [-0.15, -0.1) is 0 Å². The maximum atomic E-state index is 14.2. The maximum Gasteiger partial charge on any atom is 0.410 e. The van der Waals surface area contributed by atoms with Gasteiger partial charge < -0.3 is 24.8 Å². The summed E-state index contributed by atoms with van der Waals surface area (Å²) in [5.41, 5.74) is 2.29. The topological polar surface area (TPSA) is 152 Å². The number of morpholine rings is 1. The summed E-state index contributed by atoms with van der Waals surface area (Å²) in [6.45, 7) is 5.51. The van der Waals surface area contributed by atoms with Gasteiger partial charge in [-0.25, -0.2) is 22.7 Å². The van der Waals surface area contributed by atoms with Crippen LogP contribution in [0.15, 0.2) is 120 Å². The van der Waals surface area contributed by atoms with E-state index in [1.807, 2.05) is 78.9 Å². The van der Waals surface area contributed by atoms with Crippen molar-refractivity contribution < 1.29 is 37.0 Å². The number of hydrogen-bond donors (Lipinski definition) is 3. The van der Waals surface area contributed by atoms with Crippen molar-refractivity contribution in [2.75, 3.05) is 32.1 Å². The number of hydrogen-bond acceptors (Lipinski definition) is 8. The zero-order valence-corrected chi connectivity index (χ0v) is 31.8. The van der Waals surface area contributed by atoms with Gasteiger partial charge in [-0.05, 0) is 68.5 Å². The minimum absolute atomic E-state index is 0.0637. The van der Waals surface area contributed by atoms with E-state index in [1.54, 1.807) is 45.0 Å². The second-order valence-electron chi connectivity index (χ2n) is 14.0. The van der Waals surface area contributed by atoms with E-state index in [1.165, 1.54) is 24.1 Å². The third-order valence-electron chi connectivity index (χ3n) is 8.96. The first-order valence-corrected chi connectivity index (χ1v) is 19.3. The van der Waals surface area contributed by atoms with E-state index in [-0.39, 0.29) is 24.6 Å². The van der Waals surface area contributed by atoms with Crippen LogP contribution in [0.3, 0.4) is 0 Å². The predicted octanol–water partition coefficient (Wildman–Crippen LogP) is 6.10. The van der Waals surface area contributed by atoms with Gasteiger partial charge in [-0.3, -0.25) is 9.69 Å². The minimum Gasteiger partial charge on any atom is -0.453 e. The molecule has 12 nitrogen and oxygen atoms in total. The SMILES string of the molecule is COC(=O)N[C@H](C(=O)Nc1ccccc1CC[C@@H]1CN(C(=O)OC(C)(C)C)[C@H](CNS(=O)(=O)c2ccccc2)CO1)C(c1ccccc1)c1ccccc1. The number of ether oxygens (including phenoxy) is 3. The average Bonchev–Trinajstić information content (AvgIpc) is 3.17. The van der Waals surface area contributed by atoms with E-state index in [2.05, 4.69) is 15.4 Å². The van der Waals surface area contributed by atoms with E-state index >= 15 is 0 Å². The van der Waals surface area contributed by atoms with E-state index in [0.29, 0.717) is 18.5 Å². The third kappa shape index (κ3) is 10.9. The summed E-state index contributed by atoms with van der Waals surface area (Å²) in [6.07, 6.45) is -0.754. The lowest BCUT2D eigenvalue weighted by molar-refractivity contribution is -0.118. The number of carbonyl (C=O) groups excluding carboxylic acids is 3. The van der Waals surface area contributed by atoms with Crippen LogP contribution in [0, 0.1) is 0 Å². The Kier molecular flexibility index (Phi) is 13.5. The van der Waals surface area contributed by atoms with Crippen LogP contribution in [0.4, 0.5) is 15.3 Å². The molecule has 1 heterocycles. The van der Waals surface area contributed by atoms with Crippen LogP contribution in [0.1, 0.15) is 49.8 Å². The molecular weight excluding hydrogens is 709 g/mol. The van der Waals surface area contributed by atoms with Crippen molar-refractivity contribution in [2.24, 2.45) is 0 Å². The molecule has 0 unspecified atom stereocenters. The van der Waals surface area contributed by atoms with Crippen molar-refractivity contribution in [3.63, 3.8) is 0 Å². The highest BCUT2D eigenvalue weighted by molar-refractivity contribution is 7.89. The van der Waals surface area contributed by atoms with Crippen molar-refractivity contribution in [1.82, 2.24) is 14.9 Å². The molecule has 3 amide bonds. The second-order valence-corrected chi connectivity index (χ2v) is 15.8. The Bertz CT molecular complexity index is 1920. The van der Waals surface area contributed by atoms with E-state index in [0.717, 1.165) is 16.7 Å². The third-order valence-corrected chi connectivity index (χ3v) is 10.4. The fourth-order valence-corrected chi connectivity index (χ4v) is 7.40. The molecule has 3 atom stereocenters. The van der Waals surface area contributed by atoms with E-state index < -0.39 is 57.8 Å². The summed E-state index contributed by atoms with van der Waals surface area (Å²) in [7, 11) is -2.57. The number of nitrogens with zero attached hydrogens (tertiary/aromatic N) is 1. The number of rotatable bonds is 13. The normalized spacial score (nSPS) is 16.6. The summed E-state index contributed by atoms with van der Waals surface area (Å²) in [4.78, 5) is 41.9. The molecule has 0 spiro atoms. The Labute approximate surface area is 317 Å². The van der Waals surface area contributed by atoms with Gasteiger partial charge in [0.25, 0.3) is 0 Å². The number of methoxy groups -OCH3 is 1. The lowest BCUT2D eigenvalue weighted by atomic mass is 9.84. The first kappa shape index (κ1) is 40.0. The number of alkyl carbamates (subject to hydrolysis) is 1. The Morgan fingerprint density at radius 1 is 0.852 bits per heavy atom. The molecular formula is C41H48N4O8S. The molecule has 1 aliphatic rings. The Balaban J connectivity index is 1.31. The molecule has 1 aliphatic heterocycles. The number of sulfonamides is 1. The van der Waals surface area contributed by atoms with Crippen LogP contribution in [-0.2, 0) is 35.4 Å². The Hall–Kier alpha value is -5.24. The van der Waals surface area contributed by atoms with Gasteiger partial charge in [-0.2, -0.15) is 0 Å². The molecule has 1 saturated heterocycles. The monoisotopic (exact) mass is 756 g/mol. The van der Waals surface area contributed by atoms with Crippen molar-refractivity contribution in [1.29, 1.82) is 0 Å². The molecule has 54 heavy (non-hydrogen) atoms. The molecule has 1 fully saturated rings. The summed E-state index contributed by atoms with van der Waals surface area (Å²) < 4.78 is 45.4. The van der Waals surface area contributed by atoms with Crippen LogP contribution in [0.25, 0.3) is 0 Å². The summed E-state index contributed by atoms with van der Waals surface area (Å²) in [5.74, 6) is -0.963. The molecule has 4 aromatic carbocycles. The smallest absolute Gasteiger partial charge is 0.410 e. The van der Waals surface area contributed by atoms with Crippen molar-refractivity contribution >= 4 is 33.8 Å². The van der Waals surface area contributed by atoms with Gasteiger partial charge in [0.15, 0.2) is 0 Å². The number of carbonyl (C=O) groups is 3. The molecule has 3 N–H and O–H groups in total. The van der Waals surface area contributed by atoms with Gasteiger partial charge in [0.2, 0.25) is 15.9 Å². The van der Waals surface area contributed by atoms with Gasteiger partial charge in [0.1, 0.15) is 11.6 Å². The molecule has 0 bridgehead atoms. The fraction of sp³-hybridized carbons (Fsp3) is 0.341. The number of benzene rings is 4. The largest absolute Gasteiger partial charge is 0.453 e. The molecule has 5 rings (SSSR count). The van der Waals surface area contributed by atoms with Gasteiger partial charge in [0.05, 0.1) is 37.3 Å². The zero-order valence-electron chi connectivity index (χ0n) is 30.9. The minimum atomic E-state index is -3.82. The van der Waals surface area contributed by atoms with E-state index in [4.69, 9.17) is 14.2 Å². The molecule has 0 aliphatic carbocycles. The highest BCUT2D eigenvalue weighted by Crippen LogP contribution is 2.30. The molecule has 0 saturated carbocycles. The number of nitrogens with one attached hydrogen (secondary N) is 3. The Morgan fingerprint density at radius 3 is 2.02 bits per heavy atom. The summed E-state index contributed by atoms with van der Waals surface area (Å²) >= 11 is 0. The lowest BCUT2D eigenvalue weighted by Crippen LogP contribution is -2.57. The number of para-hydroxylation sites is 1. The molecule has 286 valence electrons. The van der Waals surface area contributed by atoms with Gasteiger partial charge in [0, 0.05) is 18.2 Å². The van der Waals surface area contributed by atoms with Gasteiger partial charge >= 0.3 is 12.2 Å². The van der Waals surface area contributed by atoms with Crippen LogP contribution >= 0.6 is 0 Å². The molecule has 0 radical (unpaired) electrons. The highest BCUT2D eigenvalue weighted by Gasteiger charge is 2.36. The number of anilines is 1. The molecule has 0 aromatic heterocycles. The number of amides is 3. The number of aryl methyl sites for hydroxylation is 1. The van der Waals surface area contributed by atoms with Crippen LogP contribution in [0.2, 0.25) is 0 Å². The standard InChI is InChI=1S/C41H48N4O8S/c1-41(2,3)53-40(48)45-27-33(52-28-32(45)26-42-54(49,50)34-21-12-7-13-22-34)25-24-29-16-14-15-23-35(29)43-38(46)37(44-39(47)51-4)36(30-17-8-5-9-18-30)31-19-10-6-11-20-31/h5-23,32-33,36-37,42H,24-28H2,1-4H3,(H,43,46)(H,44,47)/t32-,33-,37+/m1/s1. The summed E-state index contributed by atoms with van der Waals surface area (Å²) in [5, 5.41) is 5.82. The first-order chi connectivity index (χ1) is 25.8. The van der Waals surface area contributed by atoms with Crippen molar-refractivity contribution in [2.45, 2.75) is 68.2 Å². The first-order valence-electron chi connectivity index (χ1n) is 17.8. The highest BCUT2D eigenvalue weighted by atomic mass is 32.2. The Morgan fingerprint density at radius 2 is 1.43 bits per heavy atom. The van der Waals surface area contributed by atoms with Crippen LogP contribution in [0.5, 0.6) is 0 Å². The molecule has 4 aromatic rings.